The maximum Gasteiger partial charge on any atom is 0.221 e. The van der Waals surface area contributed by atoms with Gasteiger partial charge in [-0.1, -0.05) is 58.8 Å². The van der Waals surface area contributed by atoms with Crippen LogP contribution in [0.1, 0.15) is 78.1 Å². The number of nitrogens with two attached hydrogens (primary N) is 1. The molecule has 0 aromatic rings. The molecule has 1 aliphatic carbocycles. The summed E-state index contributed by atoms with van der Waals surface area (Å²) in [6.45, 7) is 4.89. The molecule has 1 saturated heterocycles. The van der Waals surface area contributed by atoms with Crippen molar-refractivity contribution in [3.8, 4) is 0 Å². The molecule has 1 aliphatic heterocycles. The van der Waals surface area contributed by atoms with Crippen LogP contribution in [0.5, 0.6) is 0 Å². The first kappa shape index (κ1) is 18.9. The van der Waals surface area contributed by atoms with Gasteiger partial charge in [-0.3, -0.25) is 9.59 Å². The monoisotopic (exact) mass is 284 g/mol. The molecule has 0 aromatic carbocycles. The molecule has 0 unspecified atom stereocenters. The first-order chi connectivity index (χ1) is 9.68. The Kier molecular flexibility index (Phi) is 12.3. The van der Waals surface area contributed by atoms with Crippen LogP contribution in [0.2, 0.25) is 0 Å². The number of nitrogens with one attached hydrogen (secondary N) is 1. The number of carbonyl (C=O) groups excluding carboxylic acids is 2. The minimum Gasteiger partial charge on any atom is -0.370 e. The summed E-state index contributed by atoms with van der Waals surface area (Å²) < 4.78 is 0. The van der Waals surface area contributed by atoms with Crippen molar-refractivity contribution in [2.24, 2.45) is 11.7 Å². The number of hydrogen-bond acceptors (Lipinski definition) is 2. The Morgan fingerprint density at radius 1 is 1.20 bits per heavy atom. The maximum atomic E-state index is 10.5. The van der Waals surface area contributed by atoms with Crippen LogP contribution in [0.25, 0.3) is 0 Å². The number of amides is 2. The Hall–Kier alpha value is -1.06. The van der Waals surface area contributed by atoms with Gasteiger partial charge in [0.2, 0.25) is 11.8 Å². The molecule has 2 fully saturated rings. The number of hydrogen-bond donors (Lipinski definition) is 2. The molecule has 1 heterocycles. The first-order valence-corrected chi connectivity index (χ1v) is 8.23. The summed E-state index contributed by atoms with van der Waals surface area (Å²) in [5.41, 5.74) is 5.07. The van der Waals surface area contributed by atoms with Crippen LogP contribution < -0.4 is 11.1 Å². The zero-order valence-electron chi connectivity index (χ0n) is 13.2. The van der Waals surface area contributed by atoms with Crippen LogP contribution in [0.15, 0.2) is 0 Å². The standard InChI is InChI=1S/C11H21NO.C3H5NO.C2H6/c12-11(13)9-5-4-8-10-6-2-1-3-7-10;5-3-1-2-4-3;1-2/h10H,1-9H2,(H2,12,13);1-2H2,(H,4,5);1-2H3. The van der Waals surface area contributed by atoms with Gasteiger partial charge in [-0.2, -0.15) is 0 Å². The zero-order chi connectivity index (χ0) is 15.2. The Bertz CT molecular complexity index is 255. The fraction of sp³-hybridized carbons (Fsp3) is 0.875. The van der Waals surface area contributed by atoms with Crippen molar-refractivity contribution in [3.05, 3.63) is 0 Å². The van der Waals surface area contributed by atoms with Gasteiger partial charge in [-0.05, 0) is 12.3 Å². The van der Waals surface area contributed by atoms with Crippen molar-refractivity contribution in [1.29, 1.82) is 0 Å². The molecule has 0 bridgehead atoms. The topological polar surface area (TPSA) is 72.2 Å². The van der Waals surface area contributed by atoms with Gasteiger partial charge >= 0.3 is 0 Å². The largest absolute Gasteiger partial charge is 0.370 e. The summed E-state index contributed by atoms with van der Waals surface area (Å²) in [4.78, 5) is 20.3. The minimum absolute atomic E-state index is 0.149. The highest BCUT2D eigenvalue weighted by atomic mass is 16.2. The molecule has 0 aromatic heterocycles. The van der Waals surface area contributed by atoms with E-state index in [1.54, 1.807) is 0 Å². The van der Waals surface area contributed by atoms with E-state index < -0.39 is 0 Å². The Balaban J connectivity index is 0.000000427. The quantitative estimate of drug-likeness (QED) is 0.601. The normalized spacial score (nSPS) is 17.6. The fourth-order valence-corrected chi connectivity index (χ4v) is 2.44. The summed E-state index contributed by atoms with van der Waals surface area (Å²) in [5, 5.41) is 2.57. The molecule has 2 rings (SSSR count). The van der Waals surface area contributed by atoms with Crippen LogP contribution in [0, 0.1) is 5.92 Å². The zero-order valence-corrected chi connectivity index (χ0v) is 13.2. The number of rotatable bonds is 5. The van der Waals surface area contributed by atoms with Crippen LogP contribution in [-0.4, -0.2) is 18.4 Å². The third kappa shape index (κ3) is 10.8. The summed E-state index contributed by atoms with van der Waals surface area (Å²) in [7, 11) is 0. The summed E-state index contributed by atoms with van der Waals surface area (Å²) >= 11 is 0. The van der Waals surface area contributed by atoms with Crippen molar-refractivity contribution in [3.63, 3.8) is 0 Å². The Morgan fingerprint density at radius 2 is 1.75 bits per heavy atom. The minimum atomic E-state index is -0.149. The smallest absolute Gasteiger partial charge is 0.221 e. The number of primary amides is 1. The van der Waals surface area contributed by atoms with Crippen molar-refractivity contribution in [1.82, 2.24) is 5.32 Å². The van der Waals surface area contributed by atoms with E-state index in [-0.39, 0.29) is 11.8 Å². The predicted octanol–water partition coefficient (Wildman–Crippen LogP) is 3.14. The second kappa shape index (κ2) is 12.9. The average molecular weight is 284 g/mol. The van der Waals surface area contributed by atoms with Crippen LogP contribution >= 0.6 is 0 Å². The van der Waals surface area contributed by atoms with E-state index in [2.05, 4.69) is 5.32 Å². The van der Waals surface area contributed by atoms with E-state index in [0.29, 0.717) is 6.42 Å². The summed E-state index contributed by atoms with van der Waals surface area (Å²) in [6.07, 6.45) is 11.9. The number of unbranched alkanes of at least 4 members (excludes halogenated alkanes) is 1. The molecule has 0 atom stereocenters. The van der Waals surface area contributed by atoms with Gasteiger partial charge in [0.1, 0.15) is 0 Å². The van der Waals surface area contributed by atoms with Crippen molar-refractivity contribution in [2.75, 3.05) is 6.54 Å². The molecular formula is C16H32N2O2. The number of carbonyl (C=O) groups is 2. The first-order valence-electron chi connectivity index (χ1n) is 8.23. The summed E-state index contributed by atoms with van der Waals surface area (Å²) in [6, 6.07) is 0. The van der Waals surface area contributed by atoms with Gasteiger partial charge in [0, 0.05) is 19.4 Å². The third-order valence-corrected chi connectivity index (χ3v) is 3.68. The summed E-state index contributed by atoms with van der Waals surface area (Å²) in [5.74, 6) is 0.982. The molecule has 2 aliphatic rings. The predicted molar refractivity (Wildman–Crippen MR) is 83.2 cm³/mol. The average Bonchev–Trinajstić information content (AvgIpc) is 2.45. The molecule has 2 amide bonds. The van der Waals surface area contributed by atoms with Crippen molar-refractivity contribution in [2.45, 2.75) is 78.1 Å². The van der Waals surface area contributed by atoms with E-state index in [4.69, 9.17) is 5.73 Å². The Morgan fingerprint density at radius 3 is 2.15 bits per heavy atom. The van der Waals surface area contributed by atoms with Crippen molar-refractivity contribution >= 4 is 11.8 Å². The van der Waals surface area contributed by atoms with E-state index in [0.717, 1.165) is 25.3 Å². The van der Waals surface area contributed by atoms with Gasteiger partial charge in [-0.25, -0.2) is 0 Å². The fourth-order valence-electron chi connectivity index (χ4n) is 2.44. The second-order valence-electron chi connectivity index (χ2n) is 5.32. The van der Waals surface area contributed by atoms with Crippen LogP contribution in [-0.2, 0) is 9.59 Å². The van der Waals surface area contributed by atoms with Gasteiger partial charge < -0.3 is 11.1 Å². The molecule has 0 radical (unpaired) electrons. The molecule has 3 N–H and O–H groups in total. The Labute approximate surface area is 123 Å². The van der Waals surface area contributed by atoms with E-state index in [1.165, 1.54) is 44.9 Å². The molecule has 118 valence electrons. The van der Waals surface area contributed by atoms with E-state index in [9.17, 15) is 9.59 Å². The number of β-lactam (4-membered cyclic amide) rings is 1. The van der Waals surface area contributed by atoms with Crippen molar-refractivity contribution < 1.29 is 9.59 Å². The maximum absolute atomic E-state index is 10.5. The lowest BCUT2D eigenvalue weighted by Crippen LogP contribution is -2.37. The lowest BCUT2D eigenvalue weighted by molar-refractivity contribution is -0.125. The molecular weight excluding hydrogens is 252 g/mol. The van der Waals surface area contributed by atoms with Gasteiger partial charge in [0.05, 0.1) is 0 Å². The molecule has 4 nitrogen and oxygen atoms in total. The van der Waals surface area contributed by atoms with Crippen LogP contribution in [0.3, 0.4) is 0 Å². The lowest BCUT2D eigenvalue weighted by atomic mass is 9.85. The SMILES string of the molecule is CC.NC(=O)CCCCC1CCCCC1.O=C1CCN1. The molecule has 4 heteroatoms. The highest BCUT2D eigenvalue weighted by Gasteiger charge is 2.12. The molecule has 0 spiro atoms. The molecule has 1 saturated carbocycles. The lowest BCUT2D eigenvalue weighted by Gasteiger charge is -2.20. The second-order valence-corrected chi connectivity index (χ2v) is 5.32. The van der Waals surface area contributed by atoms with Gasteiger partial charge in [-0.15, -0.1) is 0 Å². The highest BCUT2D eigenvalue weighted by Crippen LogP contribution is 2.27. The van der Waals surface area contributed by atoms with Crippen LogP contribution in [0.4, 0.5) is 0 Å². The van der Waals surface area contributed by atoms with E-state index in [1.807, 2.05) is 13.8 Å². The molecule has 20 heavy (non-hydrogen) atoms. The van der Waals surface area contributed by atoms with Gasteiger partial charge in [0.15, 0.2) is 0 Å². The third-order valence-electron chi connectivity index (χ3n) is 3.68. The van der Waals surface area contributed by atoms with E-state index >= 15 is 0 Å². The van der Waals surface area contributed by atoms with Gasteiger partial charge in [0.25, 0.3) is 0 Å². The highest BCUT2D eigenvalue weighted by molar-refractivity contribution is 5.81.